The van der Waals surface area contributed by atoms with Crippen LogP contribution in [0.1, 0.15) is 58.8 Å². The molecule has 21 atom stereocenters. The Kier molecular flexibility index (Phi) is 21.1. The van der Waals surface area contributed by atoms with Crippen LogP contribution in [-0.4, -0.2) is 240 Å². The lowest BCUT2D eigenvalue weighted by Crippen LogP contribution is -2.71. The van der Waals surface area contributed by atoms with E-state index in [0.717, 1.165) is 32.6 Å². The Balaban J connectivity index is 1.61. The average Bonchev–Trinajstić information content (AvgIpc) is 3.26. The Hall–Kier alpha value is -2.55. The zero-order valence-corrected chi connectivity index (χ0v) is 35.3. The molecule has 0 bridgehead atoms. The van der Waals surface area contributed by atoms with Crippen molar-refractivity contribution < 1.29 is 114 Å². The number of azide groups is 1. The molecule has 4 rings (SSSR count). The van der Waals surface area contributed by atoms with Gasteiger partial charge in [-0.25, -0.2) is 4.79 Å². The molecule has 0 aromatic heterocycles. The summed E-state index contributed by atoms with van der Waals surface area (Å²) >= 11 is 0. The SMILES string of the molecule is CC(=O)N[C@H]1[C@H]([C@H](O)[C@H](O)CO)O[C@@](O[C@H]2[C@@H](O)[C@@H](CO)O[C@@H](O[C@H]3[C@H](O[C@@H]4O[C@@H](C)[C@@H](O)[C@@H](O)[C@@H]4O)[C@@H](O)[C@H](OCCCCCCCCN=[N+]=[N-])O[C@@H]3CO)[C@@H]2O)(C(=O)O)C[C@@H]1O. The molecule has 14 N–H and O–H groups in total. The molecule has 27 heteroatoms. The van der Waals surface area contributed by atoms with Crippen LogP contribution in [0.5, 0.6) is 0 Å². The van der Waals surface area contributed by atoms with Gasteiger partial charge in [-0.1, -0.05) is 30.8 Å². The van der Waals surface area contributed by atoms with Crippen LogP contribution in [0.3, 0.4) is 0 Å². The van der Waals surface area contributed by atoms with Gasteiger partial charge < -0.3 is 110 Å². The van der Waals surface area contributed by atoms with Crippen molar-refractivity contribution in [2.45, 2.75) is 187 Å². The summed E-state index contributed by atoms with van der Waals surface area (Å²) < 4.78 is 46.3. The molecule has 4 fully saturated rings. The number of nitrogens with one attached hydrogen (secondary N) is 1. The van der Waals surface area contributed by atoms with Crippen LogP contribution in [0.2, 0.25) is 0 Å². The fourth-order valence-electron chi connectivity index (χ4n) is 7.94. The zero-order chi connectivity index (χ0) is 47.5. The second kappa shape index (κ2) is 25.0. The van der Waals surface area contributed by atoms with Crippen LogP contribution < -0.4 is 5.32 Å². The maximum atomic E-state index is 13.0. The number of unbranched alkanes of at least 4 members (excludes halogenated alkanes) is 5. The summed E-state index contributed by atoms with van der Waals surface area (Å²) in [6.45, 7) is -0.212. The van der Waals surface area contributed by atoms with Gasteiger partial charge in [0.25, 0.3) is 5.79 Å². The van der Waals surface area contributed by atoms with Crippen LogP contribution in [0.15, 0.2) is 5.11 Å². The van der Waals surface area contributed by atoms with Crippen LogP contribution in [0.4, 0.5) is 0 Å². The van der Waals surface area contributed by atoms with Gasteiger partial charge in [0.15, 0.2) is 18.9 Å². The lowest BCUT2D eigenvalue weighted by atomic mass is 9.88. The van der Waals surface area contributed by atoms with E-state index in [9.17, 15) is 76.0 Å². The predicted octanol–water partition coefficient (Wildman–Crippen LogP) is -5.70. The van der Waals surface area contributed by atoms with Gasteiger partial charge in [-0.2, -0.15) is 0 Å². The molecule has 4 aliphatic heterocycles. The molecular formula is C37H64N4O23. The second-order valence-corrected chi connectivity index (χ2v) is 16.2. The van der Waals surface area contributed by atoms with Crippen molar-refractivity contribution in [1.82, 2.24) is 5.32 Å². The summed E-state index contributed by atoms with van der Waals surface area (Å²) in [6, 6.07) is -1.60. The van der Waals surface area contributed by atoms with Gasteiger partial charge >= 0.3 is 5.97 Å². The Bertz CT molecular complexity index is 1500. The van der Waals surface area contributed by atoms with Crippen LogP contribution in [0.25, 0.3) is 10.4 Å². The molecule has 0 aliphatic carbocycles. The third-order valence-electron chi connectivity index (χ3n) is 11.5. The van der Waals surface area contributed by atoms with Crippen molar-refractivity contribution in [3.05, 3.63) is 10.4 Å². The number of carboxylic acid groups (broad SMARTS) is 1. The molecule has 1 amide bonds. The fourth-order valence-corrected chi connectivity index (χ4v) is 7.94. The minimum absolute atomic E-state index is 0.0331. The molecule has 27 nitrogen and oxygen atoms in total. The molecule has 64 heavy (non-hydrogen) atoms. The number of carboxylic acids is 1. The first-order chi connectivity index (χ1) is 30.4. The quantitative estimate of drug-likeness (QED) is 0.0196. The standard InChI is InChI=1S/C37H64N4O23/c1-15-22(48)25(51)26(52)34(58-15)62-32-28(54)33(57-10-8-6-4-3-5-7-9-39-41-38)60-20(14-44)29(32)61-35-27(53)31(24(50)19(13-43)59-35)64-37(36(55)56)11-17(46)21(40-16(2)45)30(63-37)23(49)18(47)12-42/h15,17-35,42-44,46-54H,3-14H2,1-2H3,(H,40,45)(H,55,56)/t15-,17-,18+,19+,20+,21+,22+,23+,24-,25+,26-,27+,28+,29+,30+,31-,32+,33+,34-,35-,37-/m0/s1. The first-order valence-corrected chi connectivity index (χ1v) is 21.1. The second-order valence-electron chi connectivity index (χ2n) is 16.2. The summed E-state index contributed by atoms with van der Waals surface area (Å²) in [7, 11) is 0. The van der Waals surface area contributed by atoms with Crippen LogP contribution in [0, 0.1) is 0 Å². The number of amides is 1. The van der Waals surface area contributed by atoms with Gasteiger partial charge in [0.05, 0.1) is 38.1 Å². The highest BCUT2D eigenvalue weighted by molar-refractivity contribution is 5.76. The number of carbonyl (C=O) groups is 2. The van der Waals surface area contributed by atoms with Gasteiger partial charge in [-0.3, -0.25) is 4.79 Å². The van der Waals surface area contributed by atoms with E-state index in [1.807, 2.05) is 0 Å². The first kappa shape index (κ1) is 54.1. The monoisotopic (exact) mass is 932 g/mol. The van der Waals surface area contributed by atoms with E-state index >= 15 is 0 Å². The Morgan fingerprint density at radius 3 is 1.98 bits per heavy atom. The first-order valence-electron chi connectivity index (χ1n) is 21.1. The third kappa shape index (κ3) is 13.1. The molecule has 4 saturated heterocycles. The minimum atomic E-state index is -3.11. The number of carbonyl (C=O) groups excluding carboxylic acids is 1. The lowest BCUT2D eigenvalue weighted by molar-refractivity contribution is -0.398. The lowest BCUT2D eigenvalue weighted by Gasteiger charge is -2.51. The van der Waals surface area contributed by atoms with E-state index < -0.39 is 166 Å². The number of rotatable bonds is 23. The number of nitrogens with zero attached hydrogens (tertiary/aromatic N) is 3. The van der Waals surface area contributed by atoms with Gasteiger partial charge in [0.1, 0.15) is 85.5 Å². The predicted molar refractivity (Wildman–Crippen MR) is 207 cm³/mol. The zero-order valence-electron chi connectivity index (χ0n) is 35.3. The molecule has 0 unspecified atom stereocenters. The number of hydrogen-bond acceptors (Lipinski definition) is 23. The molecule has 370 valence electrons. The molecule has 0 aromatic rings. The van der Waals surface area contributed by atoms with E-state index in [4.69, 9.17) is 43.4 Å². The van der Waals surface area contributed by atoms with E-state index in [2.05, 4.69) is 15.3 Å². The topological polar surface area (TPSA) is 432 Å². The van der Waals surface area contributed by atoms with Crippen molar-refractivity contribution in [3.63, 3.8) is 0 Å². The molecule has 4 aliphatic rings. The van der Waals surface area contributed by atoms with Crippen molar-refractivity contribution in [1.29, 1.82) is 0 Å². The fraction of sp³-hybridized carbons (Fsp3) is 0.946. The Morgan fingerprint density at radius 1 is 0.781 bits per heavy atom. The maximum absolute atomic E-state index is 13.0. The van der Waals surface area contributed by atoms with E-state index in [1.54, 1.807) is 0 Å². The van der Waals surface area contributed by atoms with E-state index in [0.29, 0.717) is 19.4 Å². The minimum Gasteiger partial charge on any atom is -0.477 e. The molecule has 0 spiro atoms. The van der Waals surface area contributed by atoms with Crippen LogP contribution >= 0.6 is 0 Å². The molecule has 0 radical (unpaired) electrons. The van der Waals surface area contributed by atoms with Gasteiger partial charge in [-0.15, -0.1) is 0 Å². The smallest absolute Gasteiger partial charge is 0.364 e. The number of ether oxygens (including phenoxy) is 8. The molecule has 0 aromatic carbocycles. The third-order valence-corrected chi connectivity index (χ3v) is 11.5. The van der Waals surface area contributed by atoms with Crippen LogP contribution in [-0.2, 0) is 47.5 Å². The average molecular weight is 933 g/mol. The van der Waals surface area contributed by atoms with Crippen molar-refractivity contribution in [2.24, 2.45) is 5.11 Å². The summed E-state index contributed by atoms with van der Waals surface area (Å²) in [5, 5.41) is 145. The van der Waals surface area contributed by atoms with Gasteiger partial charge in [-0.05, 0) is 25.3 Å². The van der Waals surface area contributed by atoms with Crippen molar-refractivity contribution in [2.75, 3.05) is 33.0 Å². The normalized spacial score (nSPS) is 41.4. The highest BCUT2D eigenvalue weighted by Gasteiger charge is 2.60. The van der Waals surface area contributed by atoms with Crippen molar-refractivity contribution in [3.8, 4) is 0 Å². The number of aliphatic hydroxyl groups excluding tert-OH is 12. The highest BCUT2D eigenvalue weighted by Crippen LogP contribution is 2.39. The van der Waals surface area contributed by atoms with Gasteiger partial charge in [0, 0.05) is 31.4 Å². The number of aliphatic carboxylic acids is 1. The summed E-state index contributed by atoms with van der Waals surface area (Å²) in [5.41, 5.74) is 8.41. The Morgan fingerprint density at radius 2 is 1.38 bits per heavy atom. The summed E-state index contributed by atoms with van der Waals surface area (Å²) in [5.74, 6) is -5.89. The summed E-state index contributed by atoms with van der Waals surface area (Å²) in [6.07, 6.45) is -31.9. The van der Waals surface area contributed by atoms with Crippen molar-refractivity contribution >= 4 is 11.9 Å². The van der Waals surface area contributed by atoms with Gasteiger partial charge in [0.2, 0.25) is 5.91 Å². The highest BCUT2D eigenvalue weighted by atomic mass is 16.8. The molecule has 0 saturated carbocycles. The Labute approximate surface area is 366 Å². The number of aliphatic hydroxyl groups is 12. The molecular weight excluding hydrogens is 868 g/mol. The largest absolute Gasteiger partial charge is 0.477 e. The van der Waals surface area contributed by atoms with E-state index in [-0.39, 0.29) is 6.61 Å². The molecule has 4 heterocycles. The maximum Gasteiger partial charge on any atom is 0.364 e. The summed E-state index contributed by atoms with van der Waals surface area (Å²) in [4.78, 5) is 27.7. The van der Waals surface area contributed by atoms with E-state index in [1.165, 1.54) is 6.92 Å². The number of hydrogen-bond donors (Lipinski definition) is 14.